The first-order chi connectivity index (χ1) is 8.63. The lowest BCUT2D eigenvalue weighted by atomic mass is 9.83. The summed E-state index contributed by atoms with van der Waals surface area (Å²) in [6.45, 7) is 2.67. The van der Waals surface area contributed by atoms with Gasteiger partial charge in [-0.2, -0.15) is 0 Å². The number of hydrogen-bond donors (Lipinski definition) is 1. The first-order valence-electron chi connectivity index (χ1n) is 6.70. The molecule has 0 radical (unpaired) electrons. The molecule has 0 aromatic heterocycles. The topological polar surface area (TPSA) is 29.5 Å². The molecule has 100 valence electrons. The monoisotopic (exact) mass is 252 g/mol. The summed E-state index contributed by atoms with van der Waals surface area (Å²) in [7, 11) is 0. The summed E-state index contributed by atoms with van der Waals surface area (Å²) in [4.78, 5) is 0. The maximum absolute atomic E-state index is 13.6. The lowest BCUT2D eigenvalue weighted by Crippen LogP contribution is -2.42. The van der Waals surface area contributed by atoms with Gasteiger partial charge in [0, 0.05) is 19.4 Å². The average molecular weight is 252 g/mol. The van der Waals surface area contributed by atoms with E-state index in [2.05, 4.69) is 6.92 Å². The molecule has 2 nitrogen and oxygen atoms in total. The fourth-order valence-electron chi connectivity index (χ4n) is 2.66. The molecule has 3 heteroatoms. The van der Waals surface area contributed by atoms with E-state index in [9.17, 15) is 9.50 Å². The highest BCUT2D eigenvalue weighted by atomic mass is 19.1. The molecule has 1 aliphatic heterocycles. The highest BCUT2D eigenvalue weighted by molar-refractivity contribution is 5.19. The highest BCUT2D eigenvalue weighted by Gasteiger charge is 2.35. The Kier molecular flexibility index (Phi) is 4.36. The van der Waals surface area contributed by atoms with Crippen LogP contribution in [0.15, 0.2) is 24.3 Å². The molecule has 1 aromatic carbocycles. The summed E-state index contributed by atoms with van der Waals surface area (Å²) in [5.41, 5.74) is -0.225. The lowest BCUT2D eigenvalue weighted by Gasteiger charge is -2.37. The molecule has 1 fully saturated rings. The van der Waals surface area contributed by atoms with Crippen LogP contribution in [0.2, 0.25) is 0 Å². The van der Waals surface area contributed by atoms with Gasteiger partial charge in [0.2, 0.25) is 0 Å². The quantitative estimate of drug-likeness (QED) is 0.892. The van der Waals surface area contributed by atoms with Crippen LogP contribution in [-0.2, 0) is 11.2 Å². The van der Waals surface area contributed by atoms with E-state index >= 15 is 0 Å². The minimum Gasteiger partial charge on any atom is -0.389 e. The van der Waals surface area contributed by atoms with Gasteiger partial charge in [-0.3, -0.25) is 0 Å². The second kappa shape index (κ2) is 5.81. The first kappa shape index (κ1) is 13.5. The van der Waals surface area contributed by atoms with Gasteiger partial charge in [0.15, 0.2) is 0 Å². The van der Waals surface area contributed by atoms with Crippen LogP contribution in [-0.4, -0.2) is 23.4 Å². The van der Waals surface area contributed by atoms with Gasteiger partial charge in [-0.1, -0.05) is 31.5 Å². The van der Waals surface area contributed by atoms with E-state index in [-0.39, 0.29) is 11.9 Å². The van der Waals surface area contributed by atoms with Crippen LogP contribution in [0.4, 0.5) is 4.39 Å². The van der Waals surface area contributed by atoms with Crippen molar-refractivity contribution < 1.29 is 14.2 Å². The van der Waals surface area contributed by atoms with Crippen molar-refractivity contribution in [3.63, 3.8) is 0 Å². The highest BCUT2D eigenvalue weighted by Crippen LogP contribution is 2.30. The van der Waals surface area contributed by atoms with Crippen molar-refractivity contribution in [1.82, 2.24) is 0 Å². The molecule has 18 heavy (non-hydrogen) atoms. The smallest absolute Gasteiger partial charge is 0.126 e. The summed E-state index contributed by atoms with van der Waals surface area (Å²) in [6, 6.07) is 6.68. The van der Waals surface area contributed by atoms with Crippen molar-refractivity contribution in [2.24, 2.45) is 0 Å². The predicted molar refractivity (Wildman–Crippen MR) is 68.9 cm³/mol. The minimum absolute atomic E-state index is 0.112. The van der Waals surface area contributed by atoms with E-state index in [4.69, 9.17) is 4.74 Å². The zero-order valence-electron chi connectivity index (χ0n) is 10.9. The Morgan fingerprint density at radius 1 is 1.44 bits per heavy atom. The summed E-state index contributed by atoms with van der Waals surface area (Å²) in [5.74, 6) is -0.232. The molecule has 0 amide bonds. The Balaban J connectivity index is 2.05. The van der Waals surface area contributed by atoms with E-state index < -0.39 is 5.60 Å². The summed E-state index contributed by atoms with van der Waals surface area (Å²) in [5, 5.41) is 10.6. The molecule has 1 aliphatic rings. The van der Waals surface area contributed by atoms with Crippen LogP contribution >= 0.6 is 0 Å². The molecule has 0 aliphatic carbocycles. The molecule has 2 rings (SSSR count). The van der Waals surface area contributed by atoms with Crippen molar-refractivity contribution in [3.8, 4) is 0 Å². The standard InChI is InChI=1S/C15H21FO2/c1-2-5-13-11-15(17,8-9-18-13)10-12-6-3-4-7-14(12)16/h3-4,6-7,13,17H,2,5,8-11H2,1H3. The number of hydrogen-bond acceptors (Lipinski definition) is 2. The fourth-order valence-corrected chi connectivity index (χ4v) is 2.66. The molecular weight excluding hydrogens is 231 g/mol. The summed E-state index contributed by atoms with van der Waals surface area (Å²) < 4.78 is 19.2. The number of benzene rings is 1. The molecule has 2 unspecified atom stereocenters. The van der Waals surface area contributed by atoms with Crippen LogP contribution in [0.5, 0.6) is 0 Å². The maximum Gasteiger partial charge on any atom is 0.126 e. The minimum atomic E-state index is -0.819. The van der Waals surface area contributed by atoms with Crippen LogP contribution in [0.25, 0.3) is 0 Å². The third-order valence-corrected chi connectivity index (χ3v) is 3.62. The van der Waals surface area contributed by atoms with Gasteiger partial charge >= 0.3 is 0 Å². The second-order valence-corrected chi connectivity index (χ2v) is 5.23. The number of rotatable bonds is 4. The zero-order chi connectivity index (χ0) is 13.0. The SMILES string of the molecule is CCCC1CC(O)(Cc2ccccc2F)CCO1. The Morgan fingerprint density at radius 2 is 2.22 bits per heavy atom. The molecule has 0 spiro atoms. The number of ether oxygens (including phenoxy) is 1. The molecule has 1 heterocycles. The van der Waals surface area contributed by atoms with E-state index in [1.165, 1.54) is 6.07 Å². The summed E-state index contributed by atoms with van der Waals surface area (Å²) >= 11 is 0. The van der Waals surface area contributed by atoms with Gasteiger partial charge in [-0.15, -0.1) is 0 Å². The van der Waals surface area contributed by atoms with Crippen LogP contribution in [0, 0.1) is 5.82 Å². The molecule has 1 saturated heterocycles. The number of aliphatic hydroxyl groups is 1. The largest absolute Gasteiger partial charge is 0.389 e. The van der Waals surface area contributed by atoms with Crippen molar-refractivity contribution in [1.29, 1.82) is 0 Å². The Hall–Kier alpha value is -0.930. The third-order valence-electron chi connectivity index (χ3n) is 3.62. The Labute approximate surface area is 108 Å². The maximum atomic E-state index is 13.6. The molecular formula is C15H21FO2. The number of halogens is 1. The second-order valence-electron chi connectivity index (χ2n) is 5.23. The van der Waals surface area contributed by atoms with Gasteiger partial charge in [0.05, 0.1) is 11.7 Å². The molecule has 1 aromatic rings. The zero-order valence-corrected chi connectivity index (χ0v) is 10.9. The van der Waals surface area contributed by atoms with E-state index in [1.807, 2.05) is 6.07 Å². The van der Waals surface area contributed by atoms with Crippen LogP contribution in [0.3, 0.4) is 0 Å². The molecule has 0 saturated carbocycles. The molecule has 2 atom stereocenters. The Bertz CT molecular complexity index is 392. The van der Waals surface area contributed by atoms with E-state index in [0.717, 1.165) is 12.8 Å². The average Bonchev–Trinajstić information content (AvgIpc) is 2.32. The van der Waals surface area contributed by atoms with Crippen molar-refractivity contribution >= 4 is 0 Å². The van der Waals surface area contributed by atoms with Crippen LogP contribution in [0.1, 0.15) is 38.2 Å². The normalized spacial score (nSPS) is 28.3. The van der Waals surface area contributed by atoms with Crippen molar-refractivity contribution in [2.45, 2.75) is 50.7 Å². The van der Waals surface area contributed by atoms with Crippen molar-refractivity contribution in [2.75, 3.05) is 6.61 Å². The van der Waals surface area contributed by atoms with Gasteiger partial charge in [0.1, 0.15) is 5.82 Å². The third kappa shape index (κ3) is 3.30. The van der Waals surface area contributed by atoms with Crippen LogP contribution < -0.4 is 0 Å². The fraction of sp³-hybridized carbons (Fsp3) is 0.600. The van der Waals surface area contributed by atoms with Crippen molar-refractivity contribution in [3.05, 3.63) is 35.6 Å². The summed E-state index contributed by atoms with van der Waals surface area (Å²) in [6.07, 6.45) is 3.68. The Morgan fingerprint density at radius 3 is 2.94 bits per heavy atom. The molecule has 1 N–H and O–H groups in total. The first-order valence-corrected chi connectivity index (χ1v) is 6.70. The lowest BCUT2D eigenvalue weighted by molar-refractivity contribution is -0.105. The van der Waals surface area contributed by atoms with E-state index in [0.29, 0.717) is 31.4 Å². The molecule has 0 bridgehead atoms. The van der Waals surface area contributed by atoms with Gasteiger partial charge in [-0.05, 0) is 24.5 Å². The predicted octanol–water partition coefficient (Wildman–Crippen LogP) is 3.08. The van der Waals surface area contributed by atoms with Gasteiger partial charge < -0.3 is 9.84 Å². The van der Waals surface area contributed by atoms with Gasteiger partial charge in [-0.25, -0.2) is 4.39 Å². The van der Waals surface area contributed by atoms with E-state index in [1.54, 1.807) is 12.1 Å². The van der Waals surface area contributed by atoms with Gasteiger partial charge in [0.25, 0.3) is 0 Å².